The lowest BCUT2D eigenvalue weighted by atomic mass is 10.1. The number of hydrogen-bond donors (Lipinski definition) is 4. The van der Waals surface area contributed by atoms with Gasteiger partial charge in [0.1, 0.15) is 5.69 Å². The molecular weight excluding hydrogens is 184 g/mol. The first-order valence-electron chi connectivity index (χ1n) is 4.18. The van der Waals surface area contributed by atoms with E-state index in [2.05, 4.69) is 15.5 Å². The highest BCUT2D eigenvalue weighted by molar-refractivity contribution is 5.97. The quantitative estimate of drug-likeness (QED) is 0.525. The Hall–Kier alpha value is -1.56. The van der Waals surface area contributed by atoms with Crippen LogP contribution in [0.1, 0.15) is 24.3 Å². The minimum absolute atomic E-state index is 0.146. The Kier molecular flexibility index (Phi) is 2.76. The van der Waals surface area contributed by atoms with Crippen molar-refractivity contribution in [3.63, 3.8) is 0 Å². The molecule has 1 aromatic heterocycles. The van der Waals surface area contributed by atoms with Crippen LogP contribution in [0, 0.1) is 0 Å². The average Bonchev–Trinajstić information content (AvgIpc) is 2.51. The van der Waals surface area contributed by atoms with Crippen molar-refractivity contribution in [1.29, 1.82) is 0 Å². The van der Waals surface area contributed by atoms with E-state index in [1.165, 1.54) is 6.20 Å². The molecule has 0 radical (unpaired) electrons. The third-order valence-corrected chi connectivity index (χ3v) is 1.74. The molecule has 0 fully saturated rings. The van der Waals surface area contributed by atoms with Crippen LogP contribution in [0.5, 0.6) is 0 Å². The SMILES string of the molecule is CC(C)(CO)NC(=O)c1[nH]ncc1N. The highest BCUT2D eigenvalue weighted by Crippen LogP contribution is 2.08. The molecule has 78 valence electrons. The maximum Gasteiger partial charge on any atom is 0.271 e. The van der Waals surface area contributed by atoms with Gasteiger partial charge < -0.3 is 16.2 Å². The fraction of sp³-hybridized carbons (Fsp3) is 0.500. The van der Waals surface area contributed by atoms with E-state index >= 15 is 0 Å². The van der Waals surface area contributed by atoms with Gasteiger partial charge in [-0.2, -0.15) is 5.10 Å². The summed E-state index contributed by atoms with van der Waals surface area (Å²) < 4.78 is 0. The van der Waals surface area contributed by atoms with Gasteiger partial charge in [-0.3, -0.25) is 9.89 Å². The molecule has 0 aromatic carbocycles. The van der Waals surface area contributed by atoms with Gasteiger partial charge in [0, 0.05) is 0 Å². The first-order chi connectivity index (χ1) is 6.46. The van der Waals surface area contributed by atoms with Gasteiger partial charge in [0.25, 0.3) is 5.91 Å². The van der Waals surface area contributed by atoms with E-state index < -0.39 is 5.54 Å². The third-order valence-electron chi connectivity index (χ3n) is 1.74. The molecule has 14 heavy (non-hydrogen) atoms. The van der Waals surface area contributed by atoms with Gasteiger partial charge in [0.05, 0.1) is 24.0 Å². The molecule has 0 aliphatic heterocycles. The Balaban J connectivity index is 2.73. The highest BCUT2D eigenvalue weighted by Gasteiger charge is 2.21. The molecule has 1 rings (SSSR count). The number of aliphatic hydroxyl groups is 1. The summed E-state index contributed by atoms with van der Waals surface area (Å²) in [4.78, 5) is 11.5. The van der Waals surface area contributed by atoms with Gasteiger partial charge in [-0.1, -0.05) is 0 Å². The predicted octanol–water partition coefficient (Wildman–Crippen LogP) is -0.507. The summed E-state index contributed by atoms with van der Waals surface area (Å²) in [6.07, 6.45) is 1.36. The van der Waals surface area contributed by atoms with Crippen LogP contribution < -0.4 is 11.1 Å². The van der Waals surface area contributed by atoms with E-state index in [1.54, 1.807) is 13.8 Å². The third kappa shape index (κ3) is 2.23. The summed E-state index contributed by atoms with van der Waals surface area (Å²) in [5.74, 6) is -0.376. The van der Waals surface area contributed by atoms with E-state index in [0.717, 1.165) is 0 Å². The highest BCUT2D eigenvalue weighted by atomic mass is 16.3. The molecular formula is C8H14N4O2. The molecule has 0 saturated carbocycles. The van der Waals surface area contributed by atoms with Crippen molar-refractivity contribution in [2.45, 2.75) is 19.4 Å². The number of H-pyrrole nitrogens is 1. The van der Waals surface area contributed by atoms with Crippen LogP contribution in [0.3, 0.4) is 0 Å². The lowest BCUT2D eigenvalue weighted by molar-refractivity contribution is 0.0865. The minimum Gasteiger partial charge on any atom is -0.396 e. The normalized spacial score (nSPS) is 11.4. The first kappa shape index (κ1) is 10.5. The topological polar surface area (TPSA) is 104 Å². The number of rotatable bonds is 3. The summed E-state index contributed by atoms with van der Waals surface area (Å²) in [5.41, 5.74) is 5.32. The Bertz CT molecular complexity index is 332. The van der Waals surface area contributed by atoms with Crippen molar-refractivity contribution in [3.05, 3.63) is 11.9 Å². The van der Waals surface area contributed by atoms with Crippen LogP contribution in [0.2, 0.25) is 0 Å². The zero-order valence-corrected chi connectivity index (χ0v) is 8.16. The molecule has 0 saturated heterocycles. The van der Waals surface area contributed by atoms with E-state index in [0.29, 0.717) is 0 Å². The minimum atomic E-state index is -0.672. The fourth-order valence-corrected chi connectivity index (χ4v) is 0.887. The van der Waals surface area contributed by atoms with Crippen molar-refractivity contribution in [3.8, 4) is 0 Å². The van der Waals surface area contributed by atoms with E-state index in [9.17, 15) is 4.79 Å². The molecule has 0 aliphatic carbocycles. The van der Waals surface area contributed by atoms with E-state index in [-0.39, 0.29) is 23.9 Å². The summed E-state index contributed by atoms with van der Waals surface area (Å²) in [7, 11) is 0. The maximum absolute atomic E-state index is 11.5. The van der Waals surface area contributed by atoms with E-state index in [4.69, 9.17) is 10.8 Å². The molecule has 0 unspecified atom stereocenters. The summed E-state index contributed by atoms with van der Waals surface area (Å²) in [6.45, 7) is 3.27. The number of aliphatic hydroxyl groups excluding tert-OH is 1. The summed E-state index contributed by atoms with van der Waals surface area (Å²) in [6, 6.07) is 0. The number of nitrogens with one attached hydrogen (secondary N) is 2. The molecule has 1 amide bonds. The van der Waals surface area contributed by atoms with Crippen molar-refractivity contribution in [2.24, 2.45) is 0 Å². The van der Waals surface area contributed by atoms with Gasteiger partial charge >= 0.3 is 0 Å². The lowest BCUT2D eigenvalue weighted by Crippen LogP contribution is -2.46. The monoisotopic (exact) mass is 198 g/mol. The zero-order valence-electron chi connectivity index (χ0n) is 8.16. The lowest BCUT2D eigenvalue weighted by Gasteiger charge is -2.22. The Morgan fingerprint density at radius 2 is 2.43 bits per heavy atom. The van der Waals surface area contributed by atoms with E-state index in [1.807, 2.05) is 0 Å². The van der Waals surface area contributed by atoms with Gasteiger partial charge in [-0.15, -0.1) is 0 Å². The number of aromatic nitrogens is 2. The molecule has 1 aromatic rings. The predicted molar refractivity (Wildman–Crippen MR) is 51.6 cm³/mol. The van der Waals surface area contributed by atoms with Crippen LogP contribution in [0.25, 0.3) is 0 Å². The number of carbonyl (C=O) groups is 1. The largest absolute Gasteiger partial charge is 0.396 e. The second kappa shape index (κ2) is 3.67. The number of nitrogens with two attached hydrogens (primary N) is 1. The second-order valence-electron chi connectivity index (χ2n) is 3.70. The Morgan fingerprint density at radius 3 is 2.86 bits per heavy atom. The molecule has 6 heteroatoms. The van der Waals surface area contributed by atoms with Gasteiger partial charge in [0.2, 0.25) is 0 Å². The number of amides is 1. The van der Waals surface area contributed by atoms with Crippen LogP contribution in [0.15, 0.2) is 6.20 Å². The second-order valence-corrected chi connectivity index (χ2v) is 3.70. The standard InChI is InChI=1S/C8H14N4O2/c1-8(2,4-13)11-7(14)6-5(9)3-10-12-6/h3,13H,4,9H2,1-2H3,(H,10,12)(H,11,14). The molecule has 0 bridgehead atoms. The van der Waals surface area contributed by atoms with Crippen LogP contribution in [-0.4, -0.2) is 33.4 Å². The fourth-order valence-electron chi connectivity index (χ4n) is 0.887. The molecule has 0 aliphatic rings. The van der Waals surface area contributed by atoms with Gasteiger partial charge in [0.15, 0.2) is 0 Å². The van der Waals surface area contributed by atoms with Crippen molar-refractivity contribution in [1.82, 2.24) is 15.5 Å². The number of nitrogen functional groups attached to an aromatic ring is 1. The molecule has 0 atom stereocenters. The Labute approximate surface area is 81.5 Å². The molecule has 0 spiro atoms. The van der Waals surface area contributed by atoms with Crippen LogP contribution in [0.4, 0.5) is 5.69 Å². The Morgan fingerprint density at radius 1 is 1.79 bits per heavy atom. The number of carbonyl (C=O) groups excluding carboxylic acids is 1. The van der Waals surface area contributed by atoms with Crippen molar-refractivity contribution < 1.29 is 9.90 Å². The number of hydrogen-bond acceptors (Lipinski definition) is 4. The van der Waals surface area contributed by atoms with Crippen LogP contribution in [-0.2, 0) is 0 Å². The number of anilines is 1. The maximum atomic E-state index is 11.5. The molecule has 1 heterocycles. The summed E-state index contributed by atoms with van der Waals surface area (Å²) in [5, 5.41) is 17.7. The van der Waals surface area contributed by atoms with Gasteiger partial charge in [-0.05, 0) is 13.8 Å². The van der Waals surface area contributed by atoms with Crippen LogP contribution >= 0.6 is 0 Å². The smallest absolute Gasteiger partial charge is 0.271 e. The van der Waals surface area contributed by atoms with Gasteiger partial charge in [-0.25, -0.2) is 0 Å². The van der Waals surface area contributed by atoms with Crippen molar-refractivity contribution >= 4 is 11.6 Å². The number of aromatic amines is 1. The average molecular weight is 198 g/mol. The zero-order chi connectivity index (χ0) is 10.8. The molecule has 6 nitrogen and oxygen atoms in total. The summed E-state index contributed by atoms with van der Waals surface area (Å²) >= 11 is 0. The number of nitrogens with zero attached hydrogens (tertiary/aromatic N) is 1. The molecule has 5 N–H and O–H groups in total. The first-order valence-corrected chi connectivity index (χ1v) is 4.18. The van der Waals surface area contributed by atoms with Crippen molar-refractivity contribution in [2.75, 3.05) is 12.3 Å².